The largest absolute Gasteiger partial charge is 0.323 e. The quantitative estimate of drug-likeness (QED) is 0.652. The van der Waals surface area contributed by atoms with E-state index in [1.54, 1.807) is 0 Å². The molecule has 1 aromatic carbocycles. The molecule has 0 aliphatic carbocycles. The topological polar surface area (TPSA) is 108 Å². The highest BCUT2D eigenvalue weighted by Gasteiger charge is 2.34. The van der Waals surface area contributed by atoms with Crippen LogP contribution in [-0.4, -0.2) is 22.9 Å². The summed E-state index contributed by atoms with van der Waals surface area (Å²) in [6.45, 7) is 2.59. The van der Waals surface area contributed by atoms with Crippen LogP contribution in [0.5, 0.6) is 0 Å². The Bertz CT molecular complexity index is 615. The van der Waals surface area contributed by atoms with Gasteiger partial charge in [0.05, 0.1) is 21.7 Å². The highest BCUT2D eigenvalue weighted by Crippen LogP contribution is 2.25. The molecule has 1 aromatic rings. The molecule has 2 N–H and O–H groups in total. The van der Waals surface area contributed by atoms with E-state index >= 15 is 0 Å². The fourth-order valence-corrected chi connectivity index (χ4v) is 2.36. The molecular weight excluding hydrogens is 272 g/mol. The molecule has 1 saturated heterocycles. The predicted molar refractivity (Wildman–Crippen MR) is 76.7 cm³/mol. The number of carbonyl (C=O) groups excluding carboxylic acids is 1. The summed E-state index contributed by atoms with van der Waals surface area (Å²) in [6.07, 6.45) is 2.71. The second kappa shape index (κ2) is 5.89. The lowest BCUT2D eigenvalue weighted by Crippen LogP contribution is -2.54. The summed E-state index contributed by atoms with van der Waals surface area (Å²) in [7, 11) is 0. The smallest absolute Gasteiger partial charge is 0.270 e. The van der Waals surface area contributed by atoms with Crippen molar-refractivity contribution < 1.29 is 9.72 Å². The highest BCUT2D eigenvalue weighted by atomic mass is 16.6. The molecule has 7 nitrogen and oxygen atoms in total. The van der Waals surface area contributed by atoms with Gasteiger partial charge in [0.25, 0.3) is 5.69 Å². The van der Waals surface area contributed by atoms with Crippen molar-refractivity contribution in [2.45, 2.75) is 31.7 Å². The number of anilines is 1. The minimum Gasteiger partial charge on any atom is -0.323 e. The minimum atomic E-state index is -0.674. The first-order valence-electron chi connectivity index (χ1n) is 6.71. The second-order valence-electron chi connectivity index (χ2n) is 5.27. The molecule has 1 heterocycles. The van der Waals surface area contributed by atoms with E-state index < -0.39 is 10.5 Å². The van der Waals surface area contributed by atoms with E-state index in [-0.39, 0.29) is 17.2 Å². The Kier molecular flexibility index (Phi) is 4.19. The molecule has 21 heavy (non-hydrogen) atoms. The van der Waals surface area contributed by atoms with Gasteiger partial charge in [-0.3, -0.25) is 14.9 Å². The van der Waals surface area contributed by atoms with Gasteiger partial charge in [-0.2, -0.15) is 5.26 Å². The normalized spacial score (nSPS) is 21.3. The van der Waals surface area contributed by atoms with Crippen LogP contribution in [-0.2, 0) is 4.79 Å². The third-order valence-corrected chi connectivity index (χ3v) is 3.70. The molecule has 0 spiro atoms. The number of nitro benzene ring substituents is 1. The first-order chi connectivity index (χ1) is 9.96. The molecule has 1 unspecified atom stereocenters. The van der Waals surface area contributed by atoms with Crippen molar-refractivity contribution in [1.82, 2.24) is 5.32 Å². The lowest BCUT2D eigenvalue weighted by atomic mass is 9.90. The van der Waals surface area contributed by atoms with Gasteiger partial charge in [-0.05, 0) is 38.8 Å². The molecule has 1 fully saturated rings. The molecule has 0 radical (unpaired) electrons. The van der Waals surface area contributed by atoms with Crippen LogP contribution in [0.1, 0.15) is 31.7 Å². The third-order valence-electron chi connectivity index (χ3n) is 3.70. The van der Waals surface area contributed by atoms with Crippen molar-refractivity contribution in [3.63, 3.8) is 0 Å². The number of hydrogen-bond acceptors (Lipinski definition) is 5. The Hall–Kier alpha value is -2.46. The first-order valence-corrected chi connectivity index (χ1v) is 6.71. The van der Waals surface area contributed by atoms with Gasteiger partial charge in [-0.1, -0.05) is 0 Å². The number of rotatable bonds is 3. The fraction of sp³-hybridized carbons (Fsp3) is 0.429. The summed E-state index contributed by atoms with van der Waals surface area (Å²) in [5.41, 5.74) is -0.475. The van der Waals surface area contributed by atoms with Crippen molar-refractivity contribution in [3.05, 3.63) is 33.9 Å². The minimum absolute atomic E-state index is 0.0805. The van der Waals surface area contributed by atoms with Gasteiger partial charge in [-0.25, -0.2) is 0 Å². The lowest BCUT2D eigenvalue weighted by molar-refractivity contribution is -0.384. The molecule has 2 rings (SSSR count). The van der Waals surface area contributed by atoms with Crippen LogP contribution in [0.4, 0.5) is 11.4 Å². The Morgan fingerprint density at radius 1 is 1.52 bits per heavy atom. The maximum absolute atomic E-state index is 12.4. The molecule has 1 aliphatic heterocycles. The number of piperidine rings is 1. The Morgan fingerprint density at radius 3 is 2.86 bits per heavy atom. The monoisotopic (exact) mass is 288 g/mol. The average Bonchev–Trinajstić information content (AvgIpc) is 2.48. The zero-order valence-corrected chi connectivity index (χ0v) is 11.7. The van der Waals surface area contributed by atoms with Gasteiger partial charge < -0.3 is 10.6 Å². The molecule has 1 atom stereocenters. The molecule has 7 heteroatoms. The fourth-order valence-electron chi connectivity index (χ4n) is 2.36. The van der Waals surface area contributed by atoms with Crippen molar-refractivity contribution in [3.8, 4) is 6.07 Å². The van der Waals surface area contributed by atoms with Crippen LogP contribution >= 0.6 is 0 Å². The van der Waals surface area contributed by atoms with Crippen LogP contribution < -0.4 is 10.6 Å². The summed E-state index contributed by atoms with van der Waals surface area (Å²) < 4.78 is 0. The van der Waals surface area contributed by atoms with Gasteiger partial charge in [0.15, 0.2) is 0 Å². The van der Waals surface area contributed by atoms with E-state index in [2.05, 4.69) is 10.6 Å². The summed E-state index contributed by atoms with van der Waals surface area (Å²) in [5, 5.41) is 25.6. The van der Waals surface area contributed by atoms with E-state index in [0.29, 0.717) is 12.1 Å². The maximum atomic E-state index is 12.4. The second-order valence-corrected chi connectivity index (χ2v) is 5.27. The molecule has 110 valence electrons. The van der Waals surface area contributed by atoms with Crippen LogP contribution in [0.15, 0.2) is 18.2 Å². The summed E-state index contributed by atoms with van der Waals surface area (Å²) in [5.74, 6) is -0.229. The number of nitrogens with zero attached hydrogens (tertiary/aromatic N) is 2. The molecule has 1 amide bonds. The molecule has 0 bridgehead atoms. The van der Waals surface area contributed by atoms with Gasteiger partial charge in [-0.15, -0.1) is 0 Å². The van der Waals surface area contributed by atoms with E-state index in [9.17, 15) is 14.9 Å². The van der Waals surface area contributed by atoms with Gasteiger partial charge >= 0.3 is 0 Å². The summed E-state index contributed by atoms with van der Waals surface area (Å²) in [6, 6.07) is 5.69. The van der Waals surface area contributed by atoms with Gasteiger partial charge in [0, 0.05) is 12.1 Å². The number of nitrogens with one attached hydrogen (secondary N) is 2. The van der Waals surface area contributed by atoms with Crippen molar-refractivity contribution in [1.29, 1.82) is 5.26 Å². The molecule has 1 aliphatic rings. The number of non-ortho nitro benzene ring substituents is 1. The number of carbonyl (C=O) groups is 1. The number of nitriles is 1. The maximum Gasteiger partial charge on any atom is 0.270 e. The van der Waals surface area contributed by atoms with E-state index in [0.717, 1.165) is 25.5 Å². The van der Waals surface area contributed by atoms with Crippen LogP contribution in [0, 0.1) is 21.4 Å². The standard InChI is InChI=1S/C14H16N4O3/c1-14(6-2-3-7-16-14)13(19)17-12-5-4-11(18(20)21)8-10(12)9-15/h4-5,8,16H,2-3,6-7H2,1H3,(H,17,19). The number of benzene rings is 1. The van der Waals surface area contributed by atoms with Gasteiger partial charge in [0.1, 0.15) is 6.07 Å². The average molecular weight is 288 g/mol. The Balaban J connectivity index is 2.21. The molecule has 0 aromatic heterocycles. The third kappa shape index (κ3) is 3.17. The van der Waals surface area contributed by atoms with Crippen LogP contribution in [0.3, 0.4) is 0 Å². The summed E-state index contributed by atoms with van der Waals surface area (Å²) in [4.78, 5) is 22.5. The lowest BCUT2D eigenvalue weighted by Gasteiger charge is -2.33. The van der Waals surface area contributed by atoms with E-state index in [1.807, 2.05) is 13.0 Å². The van der Waals surface area contributed by atoms with E-state index in [4.69, 9.17) is 5.26 Å². The first kappa shape index (κ1) is 14.9. The van der Waals surface area contributed by atoms with Crippen molar-refractivity contribution >= 4 is 17.3 Å². The molecule has 0 saturated carbocycles. The zero-order chi connectivity index (χ0) is 15.5. The van der Waals surface area contributed by atoms with Crippen LogP contribution in [0.25, 0.3) is 0 Å². The van der Waals surface area contributed by atoms with Gasteiger partial charge in [0.2, 0.25) is 5.91 Å². The number of amides is 1. The van der Waals surface area contributed by atoms with E-state index in [1.165, 1.54) is 12.1 Å². The zero-order valence-electron chi connectivity index (χ0n) is 11.7. The Morgan fingerprint density at radius 2 is 2.29 bits per heavy atom. The van der Waals surface area contributed by atoms with Crippen molar-refractivity contribution in [2.24, 2.45) is 0 Å². The van der Waals surface area contributed by atoms with Crippen molar-refractivity contribution in [2.75, 3.05) is 11.9 Å². The summed E-state index contributed by atoms with van der Waals surface area (Å²) >= 11 is 0. The predicted octanol–water partition coefficient (Wildman–Crippen LogP) is 1.94. The number of nitro groups is 1. The van der Waals surface area contributed by atoms with Crippen LogP contribution in [0.2, 0.25) is 0 Å². The highest BCUT2D eigenvalue weighted by molar-refractivity contribution is 5.99. The number of hydrogen-bond donors (Lipinski definition) is 2. The Labute approximate surface area is 122 Å². The SMILES string of the molecule is CC1(C(=O)Nc2ccc([N+](=O)[O-])cc2C#N)CCCCN1. The molecular formula is C14H16N4O3.